The van der Waals surface area contributed by atoms with Crippen molar-refractivity contribution in [2.75, 3.05) is 31.7 Å². The molecule has 152 valence electrons. The normalized spacial score (nSPS) is 11.1. The zero-order valence-corrected chi connectivity index (χ0v) is 17.3. The summed E-state index contributed by atoms with van der Waals surface area (Å²) >= 11 is 0. The second kappa shape index (κ2) is 10.7. The second-order valence-electron chi connectivity index (χ2n) is 7.17. The van der Waals surface area contributed by atoms with Crippen molar-refractivity contribution in [2.24, 2.45) is 0 Å². The molecule has 0 saturated carbocycles. The Kier molecular flexibility index (Phi) is 8.33. The molecule has 0 aliphatic carbocycles. The lowest BCUT2D eigenvalue weighted by Gasteiger charge is -2.23. The van der Waals surface area contributed by atoms with Crippen LogP contribution >= 0.6 is 0 Å². The van der Waals surface area contributed by atoms with Crippen molar-refractivity contribution in [3.63, 3.8) is 0 Å². The molecule has 0 aromatic heterocycles. The third-order valence-corrected chi connectivity index (χ3v) is 4.71. The lowest BCUT2D eigenvalue weighted by Crippen LogP contribution is -2.20. The number of benzene rings is 2. The minimum atomic E-state index is -0.218. The smallest absolute Gasteiger partial charge is 0.262 e. The first-order valence-corrected chi connectivity index (χ1v) is 9.78. The molecule has 0 saturated heterocycles. The minimum Gasteiger partial charge on any atom is -0.491 e. The van der Waals surface area contributed by atoms with Gasteiger partial charge in [-0.05, 0) is 48.6 Å². The Hall–Kier alpha value is -2.53. The number of ether oxygens (including phenoxy) is 3. The lowest BCUT2D eigenvalue weighted by atomic mass is 9.82. The van der Waals surface area contributed by atoms with Crippen molar-refractivity contribution < 1.29 is 19.0 Å². The van der Waals surface area contributed by atoms with Gasteiger partial charge in [-0.3, -0.25) is 4.79 Å². The van der Waals surface area contributed by atoms with Gasteiger partial charge in [0.15, 0.2) is 6.61 Å². The molecule has 0 heterocycles. The third-order valence-electron chi connectivity index (χ3n) is 4.71. The van der Waals surface area contributed by atoms with E-state index < -0.39 is 0 Å². The maximum Gasteiger partial charge on any atom is 0.262 e. The second-order valence-corrected chi connectivity index (χ2v) is 7.17. The van der Waals surface area contributed by atoms with E-state index in [2.05, 4.69) is 38.2 Å². The highest BCUT2D eigenvalue weighted by atomic mass is 16.5. The molecule has 0 aliphatic rings. The SMILES string of the molecule is CCOCCOc1cccc(NC(=O)COc2ccc(C(C)(C)CC)cc2)c1. The summed E-state index contributed by atoms with van der Waals surface area (Å²) in [6.45, 7) is 10.2. The average Bonchev–Trinajstić information content (AvgIpc) is 2.70. The van der Waals surface area contributed by atoms with Gasteiger partial charge in [-0.25, -0.2) is 0 Å². The van der Waals surface area contributed by atoms with Crippen LogP contribution in [0.15, 0.2) is 48.5 Å². The van der Waals surface area contributed by atoms with E-state index in [9.17, 15) is 4.79 Å². The molecule has 1 amide bonds. The van der Waals surface area contributed by atoms with Crippen LogP contribution in [0.5, 0.6) is 11.5 Å². The van der Waals surface area contributed by atoms with Crippen molar-refractivity contribution in [3.8, 4) is 11.5 Å². The fraction of sp³-hybridized carbons (Fsp3) is 0.435. The molecule has 0 fully saturated rings. The highest BCUT2D eigenvalue weighted by molar-refractivity contribution is 5.92. The Bertz CT molecular complexity index is 741. The van der Waals surface area contributed by atoms with E-state index in [0.717, 1.165) is 6.42 Å². The van der Waals surface area contributed by atoms with Crippen LogP contribution in [0.2, 0.25) is 0 Å². The van der Waals surface area contributed by atoms with Gasteiger partial charge in [0.2, 0.25) is 0 Å². The predicted octanol–water partition coefficient (Wildman–Crippen LogP) is 4.81. The number of hydrogen-bond acceptors (Lipinski definition) is 4. The summed E-state index contributed by atoms with van der Waals surface area (Å²) in [6, 6.07) is 15.2. The van der Waals surface area contributed by atoms with Gasteiger partial charge in [0, 0.05) is 18.4 Å². The molecular weight excluding hydrogens is 354 g/mol. The number of carbonyl (C=O) groups excluding carboxylic acids is 1. The molecule has 2 aromatic rings. The summed E-state index contributed by atoms with van der Waals surface area (Å²) in [5.74, 6) is 1.15. The Morgan fingerprint density at radius 1 is 0.964 bits per heavy atom. The molecule has 28 heavy (non-hydrogen) atoms. The number of nitrogens with one attached hydrogen (secondary N) is 1. The van der Waals surface area contributed by atoms with E-state index in [1.54, 1.807) is 6.07 Å². The monoisotopic (exact) mass is 385 g/mol. The lowest BCUT2D eigenvalue weighted by molar-refractivity contribution is -0.118. The molecule has 0 radical (unpaired) electrons. The molecular formula is C23H31NO4. The summed E-state index contributed by atoms with van der Waals surface area (Å²) in [5, 5.41) is 2.82. The molecule has 0 aliphatic heterocycles. The quantitative estimate of drug-likeness (QED) is 0.564. The zero-order chi connectivity index (χ0) is 20.4. The first-order valence-electron chi connectivity index (χ1n) is 9.78. The number of carbonyl (C=O) groups is 1. The fourth-order valence-electron chi connectivity index (χ4n) is 2.58. The van der Waals surface area contributed by atoms with Crippen molar-refractivity contribution >= 4 is 11.6 Å². The summed E-state index contributed by atoms with van der Waals surface area (Å²) < 4.78 is 16.4. The van der Waals surface area contributed by atoms with E-state index >= 15 is 0 Å². The molecule has 1 N–H and O–H groups in total. The van der Waals surface area contributed by atoms with Gasteiger partial charge in [-0.1, -0.05) is 39.0 Å². The first kappa shape index (κ1) is 21.8. The Morgan fingerprint density at radius 3 is 2.39 bits per heavy atom. The maximum atomic E-state index is 12.2. The summed E-state index contributed by atoms with van der Waals surface area (Å²) in [4.78, 5) is 12.2. The highest BCUT2D eigenvalue weighted by Crippen LogP contribution is 2.28. The van der Waals surface area contributed by atoms with Gasteiger partial charge in [-0.15, -0.1) is 0 Å². The van der Waals surface area contributed by atoms with Crippen LogP contribution in [-0.4, -0.2) is 32.3 Å². The van der Waals surface area contributed by atoms with Gasteiger partial charge < -0.3 is 19.5 Å². The van der Waals surface area contributed by atoms with Crippen LogP contribution in [0.4, 0.5) is 5.69 Å². The number of rotatable bonds is 11. The van der Waals surface area contributed by atoms with Crippen LogP contribution in [0.3, 0.4) is 0 Å². The number of anilines is 1. The standard InChI is InChI=1S/C23H31NO4/c1-5-23(3,4)18-10-12-20(13-11-18)28-17-22(25)24-19-8-7-9-21(16-19)27-15-14-26-6-2/h7-13,16H,5-6,14-15,17H2,1-4H3,(H,24,25). The van der Waals surface area contributed by atoms with Crippen molar-refractivity contribution in [2.45, 2.75) is 39.5 Å². The van der Waals surface area contributed by atoms with Crippen LogP contribution in [0.1, 0.15) is 39.7 Å². The molecule has 0 spiro atoms. The van der Waals surface area contributed by atoms with Gasteiger partial charge >= 0.3 is 0 Å². The first-order chi connectivity index (χ1) is 13.4. The molecule has 0 atom stereocenters. The Labute approximate surface area is 168 Å². The Morgan fingerprint density at radius 2 is 1.71 bits per heavy atom. The van der Waals surface area contributed by atoms with Crippen LogP contribution in [-0.2, 0) is 14.9 Å². The fourth-order valence-corrected chi connectivity index (χ4v) is 2.58. The summed E-state index contributed by atoms with van der Waals surface area (Å²) in [6.07, 6.45) is 1.06. The molecule has 5 nitrogen and oxygen atoms in total. The third kappa shape index (κ3) is 6.89. The van der Waals surface area contributed by atoms with E-state index in [0.29, 0.717) is 37.0 Å². The molecule has 5 heteroatoms. The van der Waals surface area contributed by atoms with Gasteiger partial charge in [0.25, 0.3) is 5.91 Å². The van der Waals surface area contributed by atoms with E-state index in [1.807, 2.05) is 37.3 Å². The zero-order valence-electron chi connectivity index (χ0n) is 17.3. The van der Waals surface area contributed by atoms with Gasteiger partial charge in [-0.2, -0.15) is 0 Å². The van der Waals surface area contributed by atoms with Crippen molar-refractivity contribution in [1.82, 2.24) is 0 Å². The summed E-state index contributed by atoms with van der Waals surface area (Å²) in [5.41, 5.74) is 2.06. The minimum absolute atomic E-state index is 0.0497. The summed E-state index contributed by atoms with van der Waals surface area (Å²) in [7, 11) is 0. The van der Waals surface area contributed by atoms with Crippen LogP contribution < -0.4 is 14.8 Å². The van der Waals surface area contributed by atoms with Crippen LogP contribution in [0, 0.1) is 0 Å². The van der Waals surface area contributed by atoms with E-state index in [4.69, 9.17) is 14.2 Å². The van der Waals surface area contributed by atoms with Gasteiger partial charge in [0.05, 0.1) is 6.61 Å². The van der Waals surface area contributed by atoms with E-state index in [1.165, 1.54) is 5.56 Å². The molecule has 2 rings (SSSR count). The van der Waals surface area contributed by atoms with E-state index in [-0.39, 0.29) is 17.9 Å². The average molecular weight is 386 g/mol. The molecule has 2 aromatic carbocycles. The van der Waals surface area contributed by atoms with Crippen molar-refractivity contribution in [1.29, 1.82) is 0 Å². The Balaban J connectivity index is 1.82. The largest absolute Gasteiger partial charge is 0.491 e. The topological polar surface area (TPSA) is 56.8 Å². The number of amides is 1. The maximum absolute atomic E-state index is 12.2. The van der Waals surface area contributed by atoms with Gasteiger partial charge in [0.1, 0.15) is 18.1 Å². The number of hydrogen-bond donors (Lipinski definition) is 1. The predicted molar refractivity (Wildman–Crippen MR) is 112 cm³/mol. The van der Waals surface area contributed by atoms with Crippen LogP contribution in [0.25, 0.3) is 0 Å². The molecule has 0 unspecified atom stereocenters. The highest BCUT2D eigenvalue weighted by Gasteiger charge is 2.17. The molecule has 0 bridgehead atoms. The van der Waals surface area contributed by atoms with Crippen molar-refractivity contribution in [3.05, 3.63) is 54.1 Å².